The van der Waals surface area contributed by atoms with Crippen molar-refractivity contribution in [2.75, 3.05) is 18.4 Å². The number of oxazole rings is 1. The molecule has 5 rings (SSSR count). The first-order valence-electron chi connectivity index (χ1n) is 9.88. The fraction of sp³-hybridized carbons (Fsp3) is 0.286. The zero-order valence-corrected chi connectivity index (χ0v) is 16.5. The van der Waals surface area contributed by atoms with Gasteiger partial charge in [-0.05, 0) is 38.1 Å². The summed E-state index contributed by atoms with van der Waals surface area (Å²) in [4.78, 5) is 25.8. The van der Waals surface area contributed by atoms with Crippen molar-refractivity contribution in [1.82, 2.24) is 30.0 Å². The summed E-state index contributed by atoms with van der Waals surface area (Å²) in [5, 5.41) is 11.2. The lowest BCUT2D eigenvalue weighted by Crippen LogP contribution is -2.26. The van der Waals surface area contributed by atoms with Crippen LogP contribution in [0.1, 0.15) is 35.1 Å². The Labute approximate surface area is 172 Å². The summed E-state index contributed by atoms with van der Waals surface area (Å²) in [6.45, 7) is 1.87. The van der Waals surface area contributed by atoms with E-state index < -0.39 is 0 Å². The van der Waals surface area contributed by atoms with Crippen molar-refractivity contribution in [2.24, 2.45) is 7.05 Å². The van der Waals surface area contributed by atoms with Gasteiger partial charge in [-0.1, -0.05) is 0 Å². The molecule has 0 saturated carbocycles. The van der Waals surface area contributed by atoms with Gasteiger partial charge in [-0.2, -0.15) is 5.10 Å². The van der Waals surface area contributed by atoms with Crippen molar-refractivity contribution >= 4 is 22.6 Å². The summed E-state index contributed by atoms with van der Waals surface area (Å²) in [6, 6.07) is 3.80. The van der Waals surface area contributed by atoms with Gasteiger partial charge in [0.1, 0.15) is 12.1 Å². The molecule has 1 amide bonds. The number of fused-ring (bicyclic) bond motifs is 1. The van der Waals surface area contributed by atoms with Crippen LogP contribution in [-0.2, 0) is 7.05 Å². The van der Waals surface area contributed by atoms with Crippen molar-refractivity contribution in [2.45, 2.75) is 18.8 Å². The average molecular weight is 403 g/mol. The van der Waals surface area contributed by atoms with E-state index in [0.29, 0.717) is 11.7 Å². The summed E-state index contributed by atoms with van der Waals surface area (Å²) in [5.41, 5.74) is 2.92. The van der Waals surface area contributed by atoms with Gasteiger partial charge < -0.3 is 15.1 Å². The highest BCUT2D eigenvalue weighted by Gasteiger charge is 2.22. The molecule has 0 atom stereocenters. The molecule has 4 aromatic rings. The Bertz CT molecular complexity index is 1210. The summed E-state index contributed by atoms with van der Waals surface area (Å²) in [7, 11) is 1.87. The van der Waals surface area contributed by atoms with Gasteiger partial charge in [-0.25, -0.2) is 9.97 Å². The molecule has 2 N–H and O–H groups in total. The number of hydrogen-bond donors (Lipinski definition) is 2. The second-order valence-corrected chi connectivity index (χ2v) is 7.44. The van der Waals surface area contributed by atoms with Crippen LogP contribution in [0.5, 0.6) is 0 Å². The first kappa shape index (κ1) is 18.4. The molecular weight excluding hydrogens is 382 g/mol. The Morgan fingerprint density at radius 1 is 1.17 bits per heavy atom. The molecule has 0 bridgehead atoms. The zero-order valence-electron chi connectivity index (χ0n) is 16.5. The monoisotopic (exact) mass is 403 g/mol. The molecule has 30 heavy (non-hydrogen) atoms. The van der Waals surface area contributed by atoms with Crippen LogP contribution in [0.3, 0.4) is 0 Å². The van der Waals surface area contributed by atoms with Crippen molar-refractivity contribution in [3.63, 3.8) is 0 Å². The summed E-state index contributed by atoms with van der Waals surface area (Å²) < 4.78 is 7.31. The predicted molar refractivity (Wildman–Crippen MR) is 111 cm³/mol. The predicted octanol–water partition coefficient (Wildman–Crippen LogP) is 2.74. The second kappa shape index (κ2) is 7.68. The van der Waals surface area contributed by atoms with Gasteiger partial charge in [0.25, 0.3) is 5.91 Å². The molecule has 0 spiro atoms. The molecule has 0 radical (unpaired) electrons. The molecule has 152 valence electrons. The number of carbonyl (C=O) groups is 1. The fourth-order valence-electron chi connectivity index (χ4n) is 3.66. The minimum absolute atomic E-state index is 0.253. The van der Waals surface area contributed by atoms with Gasteiger partial charge in [0, 0.05) is 41.9 Å². The highest BCUT2D eigenvalue weighted by Crippen LogP contribution is 2.25. The standard InChI is InChI=1S/C21H21N7O2/c1-28-11-16(9-25-28)15-6-14-7-19(24-10-17(14)23-8-15)27-20(29)18-12-30-21(26-18)13-2-4-22-5-3-13/h6-13,22H,2-5H2,1H3,(H,24,27,29). The lowest BCUT2D eigenvalue weighted by Gasteiger charge is -2.19. The highest BCUT2D eigenvalue weighted by molar-refractivity contribution is 6.02. The van der Waals surface area contributed by atoms with Gasteiger partial charge in [-0.15, -0.1) is 0 Å². The normalized spacial score (nSPS) is 14.8. The van der Waals surface area contributed by atoms with Crippen LogP contribution >= 0.6 is 0 Å². The fourth-order valence-corrected chi connectivity index (χ4v) is 3.66. The third-order valence-electron chi connectivity index (χ3n) is 5.29. The quantitative estimate of drug-likeness (QED) is 0.539. The van der Waals surface area contributed by atoms with Gasteiger partial charge in [0.05, 0.1) is 17.9 Å². The van der Waals surface area contributed by atoms with E-state index in [1.165, 1.54) is 6.26 Å². The molecular formula is C21H21N7O2. The molecule has 0 aromatic carbocycles. The zero-order chi connectivity index (χ0) is 20.5. The van der Waals surface area contributed by atoms with E-state index in [1.54, 1.807) is 29.3 Å². The number of nitrogens with one attached hydrogen (secondary N) is 2. The number of rotatable bonds is 4. The smallest absolute Gasteiger partial charge is 0.278 e. The van der Waals surface area contributed by atoms with E-state index in [0.717, 1.165) is 48.0 Å². The van der Waals surface area contributed by atoms with Crippen molar-refractivity contribution in [1.29, 1.82) is 0 Å². The molecule has 9 heteroatoms. The van der Waals surface area contributed by atoms with Gasteiger partial charge in [0.15, 0.2) is 11.6 Å². The van der Waals surface area contributed by atoms with Crippen LogP contribution in [0.15, 0.2) is 47.6 Å². The Hall–Kier alpha value is -3.59. The maximum absolute atomic E-state index is 12.6. The summed E-state index contributed by atoms with van der Waals surface area (Å²) in [5.74, 6) is 0.966. The van der Waals surface area contributed by atoms with Crippen LogP contribution in [0.2, 0.25) is 0 Å². The Balaban J connectivity index is 1.35. The molecule has 1 aliphatic rings. The van der Waals surface area contributed by atoms with Gasteiger partial charge >= 0.3 is 0 Å². The van der Waals surface area contributed by atoms with E-state index in [-0.39, 0.29) is 17.5 Å². The average Bonchev–Trinajstić information content (AvgIpc) is 3.43. The van der Waals surface area contributed by atoms with E-state index in [2.05, 4.69) is 30.7 Å². The SMILES string of the molecule is Cn1cc(-c2cnc3cnc(NC(=O)c4coc(C5CCNCC5)n4)cc3c2)cn1. The molecule has 0 unspecified atom stereocenters. The first-order chi connectivity index (χ1) is 14.7. The van der Waals surface area contributed by atoms with Crippen LogP contribution in [0, 0.1) is 0 Å². The minimum atomic E-state index is -0.345. The number of aryl methyl sites for hydroxylation is 1. The van der Waals surface area contributed by atoms with E-state index in [1.807, 2.05) is 19.3 Å². The maximum atomic E-state index is 12.6. The number of hydrogen-bond acceptors (Lipinski definition) is 7. The number of aromatic nitrogens is 5. The van der Waals surface area contributed by atoms with Crippen LogP contribution in [-0.4, -0.2) is 43.7 Å². The lowest BCUT2D eigenvalue weighted by molar-refractivity contribution is 0.102. The molecule has 1 aliphatic heterocycles. The Morgan fingerprint density at radius 3 is 2.83 bits per heavy atom. The molecule has 9 nitrogen and oxygen atoms in total. The van der Waals surface area contributed by atoms with Crippen molar-refractivity contribution < 1.29 is 9.21 Å². The molecule has 1 saturated heterocycles. The van der Waals surface area contributed by atoms with E-state index >= 15 is 0 Å². The number of carbonyl (C=O) groups excluding carboxylic acids is 1. The second-order valence-electron chi connectivity index (χ2n) is 7.44. The van der Waals surface area contributed by atoms with E-state index in [4.69, 9.17) is 4.42 Å². The number of pyridine rings is 2. The number of nitrogens with zero attached hydrogens (tertiary/aromatic N) is 5. The van der Waals surface area contributed by atoms with Gasteiger partial charge in [0.2, 0.25) is 0 Å². The van der Waals surface area contributed by atoms with Crippen LogP contribution in [0.4, 0.5) is 5.82 Å². The number of anilines is 1. The third kappa shape index (κ3) is 3.67. The van der Waals surface area contributed by atoms with Crippen LogP contribution in [0.25, 0.3) is 22.0 Å². The molecule has 4 aromatic heterocycles. The van der Waals surface area contributed by atoms with Crippen LogP contribution < -0.4 is 10.6 Å². The van der Waals surface area contributed by atoms with E-state index in [9.17, 15) is 4.79 Å². The summed E-state index contributed by atoms with van der Waals surface area (Å²) in [6.07, 6.45) is 10.5. The largest absolute Gasteiger partial charge is 0.448 e. The third-order valence-corrected chi connectivity index (χ3v) is 5.29. The highest BCUT2D eigenvalue weighted by atomic mass is 16.3. The topological polar surface area (TPSA) is 111 Å². The minimum Gasteiger partial charge on any atom is -0.448 e. The summed E-state index contributed by atoms with van der Waals surface area (Å²) >= 11 is 0. The lowest BCUT2D eigenvalue weighted by atomic mass is 9.98. The Kier molecular flexibility index (Phi) is 4.72. The maximum Gasteiger partial charge on any atom is 0.278 e. The molecule has 5 heterocycles. The van der Waals surface area contributed by atoms with Gasteiger partial charge in [-0.3, -0.25) is 14.5 Å². The number of amides is 1. The Morgan fingerprint density at radius 2 is 2.03 bits per heavy atom. The van der Waals surface area contributed by atoms with Crippen molar-refractivity contribution in [3.05, 3.63) is 54.8 Å². The number of piperidine rings is 1. The molecule has 0 aliphatic carbocycles. The molecule has 1 fully saturated rings. The van der Waals surface area contributed by atoms with Crippen molar-refractivity contribution in [3.8, 4) is 11.1 Å². The first-order valence-corrected chi connectivity index (χ1v) is 9.88.